The zero-order valence-electron chi connectivity index (χ0n) is 9.34. The largest absolute Gasteiger partial charge is 0.394 e. The molecule has 0 saturated heterocycles. The minimum absolute atomic E-state index is 0.00247. The number of hydrogen-bond donors (Lipinski definition) is 3. The fraction of sp³-hybridized carbons (Fsp3) is 0.364. The van der Waals surface area contributed by atoms with Crippen molar-refractivity contribution < 1.29 is 9.50 Å². The molecule has 0 fully saturated rings. The van der Waals surface area contributed by atoms with Gasteiger partial charge in [0, 0.05) is 5.69 Å². The van der Waals surface area contributed by atoms with Crippen molar-refractivity contribution in [1.29, 1.82) is 0 Å². The number of hydrogen-bond acceptors (Lipinski definition) is 2. The first-order chi connectivity index (χ1) is 8.06. The molecule has 0 saturated carbocycles. The van der Waals surface area contributed by atoms with E-state index in [1.54, 1.807) is 0 Å². The van der Waals surface area contributed by atoms with E-state index >= 15 is 0 Å². The van der Waals surface area contributed by atoms with Gasteiger partial charge in [-0.1, -0.05) is 18.5 Å². The van der Waals surface area contributed by atoms with Crippen LogP contribution in [-0.4, -0.2) is 22.9 Å². The van der Waals surface area contributed by atoms with Crippen LogP contribution < -0.4 is 10.6 Å². The molecule has 3 N–H and O–H groups in total. The topological polar surface area (TPSA) is 44.3 Å². The van der Waals surface area contributed by atoms with Crippen LogP contribution in [0.2, 0.25) is 5.02 Å². The smallest absolute Gasteiger partial charge is 0.171 e. The number of aliphatic hydroxyl groups excluding tert-OH is 1. The molecule has 0 amide bonds. The molecule has 1 aromatic rings. The van der Waals surface area contributed by atoms with Gasteiger partial charge in [-0.05, 0) is 36.8 Å². The van der Waals surface area contributed by atoms with Crippen molar-refractivity contribution in [2.45, 2.75) is 19.4 Å². The fourth-order valence-corrected chi connectivity index (χ4v) is 1.67. The molecule has 1 atom stereocenters. The minimum atomic E-state index is -0.474. The molecule has 3 nitrogen and oxygen atoms in total. The Balaban J connectivity index is 2.58. The summed E-state index contributed by atoms with van der Waals surface area (Å²) in [6.07, 6.45) is 0.752. The highest BCUT2D eigenvalue weighted by Crippen LogP contribution is 2.19. The van der Waals surface area contributed by atoms with Gasteiger partial charge in [-0.25, -0.2) is 4.39 Å². The quantitative estimate of drug-likeness (QED) is 0.740. The molecule has 1 aromatic carbocycles. The maximum atomic E-state index is 12.9. The second-order valence-corrected chi connectivity index (χ2v) is 4.33. The van der Waals surface area contributed by atoms with Crippen molar-refractivity contribution in [3.8, 4) is 0 Å². The molecular formula is C11H14ClFN2OS. The lowest BCUT2D eigenvalue weighted by Crippen LogP contribution is -2.39. The summed E-state index contributed by atoms with van der Waals surface area (Å²) in [5.41, 5.74) is 0.599. The van der Waals surface area contributed by atoms with Crippen molar-refractivity contribution in [2.24, 2.45) is 0 Å². The molecule has 0 aromatic heterocycles. The van der Waals surface area contributed by atoms with Crippen molar-refractivity contribution in [3.05, 3.63) is 29.0 Å². The normalized spacial score (nSPS) is 12.0. The Morgan fingerprint density at radius 3 is 2.82 bits per heavy atom. The molecule has 0 bridgehead atoms. The highest BCUT2D eigenvalue weighted by Gasteiger charge is 2.07. The summed E-state index contributed by atoms with van der Waals surface area (Å²) in [4.78, 5) is 0. The van der Waals surface area contributed by atoms with Crippen molar-refractivity contribution in [1.82, 2.24) is 5.32 Å². The Morgan fingerprint density at radius 1 is 1.59 bits per heavy atom. The number of nitrogens with one attached hydrogen (secondary N) is 2. The van der Waals surface area contributed by atoms with Crippen LogP contribution in [0.15, 0.2) is 18.2 Å². The summed E-state index contributed by atoms with van der Waals surface area (Å²) in [6.45, 7) is 1.94. The Kier molecular flexibility index (Phi) is 5.61. The molecule has 0 aliphatic carbocycles. The van der Waals surface area contributed by atoms with Crippen LogP contribution in [0.3, 0.4) is 0 Å². The summed E-state index contributed by atoms with van der Waals surface area (Å²) in [6, 6.07) is 4.15. The molecule has 0 spiro atoms. The summed E-state index contributed by atoms with van der Waals surface area (Å²) in [7, 11) is 0. The summed E-state index contributed by atoms with van der Waals surface area (Å²) in [5, 5.41) is 15.2. The first-order valence-electron chi connectivity index (χ1n) is 5.20. The maximum Gasteiger partial charge on any atom is 0.171 e. The van der Waals surface area contributed by atoms with Crippen molar-refractivity contribution in [3.63, 3.8) is 0 Å². The van der Waals surface area contributed by atoms with Gasteiger partial charge in [0.15, 0.2) is 5.11 Å². The van der Waals surface area contributed by atoms with Crippen molar-refractivity contribution >= 4 is 34.6 Å². The highest BCUT2D eigenvalue weighted by atomic mass is 35.5. The summed E-state index contributed by atoms with van der Waals surface area (Å²) in [5.74, 6) is -0.474. The van der Waals surface area contributed by atoms with E-state index in [1.807, 2.05) is 6.92 Å². The Morgan fingerprint density at radius 2 is 2.29 bits per heavy atom. The Labute approximate surface area is 110 Å². The van der Waals surface area contributed by atoms with Crippen LogP contribution in [0.25, 0.3) is 0 Å². The zero-order valence-corrected chi connectivity index (χ0v) is 10.9. The standard InChI is InChI=1S/C11H14ClFN2OS/c1-2-7(6-16)14-11(17)15-8-3-4-10(13)9(12)5-8/h3-5,7,16H,2,6H2,1H3,(H2,14,15,17)/t7-/m0/s1. The molecule has 0 unspecified atom stereocenters. The van der Waals surface area contributed by atoms with Crippen LogP contribution in [0.1, 0.15) is 13.3 Å². The first kappa shape index (κ1) is 14.2. The first-order valence-corrected chi connectivity index (χ1v) is 5.98. The van der Waals surface area contributed by atoms with Gasteiger partial charge >= 0.3 is 0 Å². The lowest BCUT2D eigenvalue weighted by atomic mass is 10.2. The van der Waals surface area contributed by atoms with E-state index in [9.17, 15) is 4.39 Å². The van der Waals surface area contributed by atoms with Gasteiger partial charge in [-0.2, -0.15) is 0 Å². The van der Waals surface area contributed by atoms with Crippen molar-refractivity contribution in [2.75, 3.05) is 11.9 Å². The minimum Gasteiger partial charge on any atom is -0.394 e. The van der Waals surface area contributed by atoms with Crippen LogP contribution >= 0.6 is 23.8 Å². The van der Waals surface area contributed by atoms with Crippen LogP contribution in [-0.2, 0) is 0 Å². The van der Waals surface area contributed by atoms with Gasteiger partial charge in [-0.15, -0.1) is 0 Å². The highest BCUT2D eigenvalue weighted by molar-refractivity contribution is 7.80. The fourth-order valence-electron chi connectivity index (χ4n) is 1.20. The molecule has 0 aliphatic rings. The predicted molar refractivity (Wildman–Crippen MR) is 71.9 cm³/mol. The SMILES string of the molecule is CC[C@@H](CO)NC(=S)Nc1ccc(F)c(Cl)c1. The summed E-state index contributed by atoms with van der Waals surface area (Å²) < 4.78 is 12.9. The third-order valence-electron chi connectivity index (χ3n) is 2.23. The number of aliphatic hydroxyl groups is 1. The monoisotopic (exact) mass is 276 g/mol. The van der Waals surface area contributed by atoms with E-state index in [-0.39, 0.29) is 17.7 Å². The van der Waals surface area contributed by atoms with E-state index in [4.69, 9.17) is 28.9 Å². The molecule has 94 valence electrons. The van der Waals surface area contributed by atoms with Gasteiger partial charge < -0.3 is 15.7 Å². The third kappa shape index (κ3) is 4.46. The van der Waals surface area contributed by atoms with E-state index in [1.165, 1.54) is 18.2 Å². The number of rotatable bonds is 4. The molecule has 0 aliphatic heterocycles. The van der Waals surface area contributed by atoms with Gasteiger partial charge in [0.05, 0.1) is 17.7 Å². The number of halogens is 2. The maximum absolute atomic E-state index is 12.9. The van der Waals surface area contributed by atoms with Crippen LogP contribution in [0, 0.1) is 5.82 Å². The molecule has 17 heavy (non-hydrogen) atoms. The summed E-state index contributed by atoms with van der Waals surface area (Å²) >= 11 is 10.7. The Bertz CT molecular complexity index is 399. The molecular weight excluding hydrogens is 263 g/mol. The third-order valence-corrected chi connectivity index (χ3v) is 2.74. The van der Waals surface area contributed by atoms with Gasteiger partial charge in [-0.3, -0.25) is 0 Å². The lowest BCUT2D eigenvalue weighted by Gasteiger charge is -2.17. The van der Waals surface area contributed by atoms with Gasteiger partial charge in [0.25, 0.3) is 0 Å². The second kappa shape index (κ2) is 6.74. The number of benzene rings is 1. The average Bonchev–Trinajstić information content (AvgIpc) is 2.31. The van der Waals surface area contributed by atoms with E-state index in [2.05, 4.69) is 10.6 Å². The van der Waals surface area contributed by atoms with E-state index in [0.29, 0.717) is 10.8 Å². The molecule has 0 radical (unpaired) electrons. The van der Waals surface area contributed by atoms with Gasteiger partial charge in [0.2, 0.25) is 0 Å². The molecule has 6 heteroatoms. The van der Waals surface area contributed by atoms with E-state index < -0.39 is 5.82 Å². The van der Waals surface area contributed by atoms with E-state index in [0.717, 1.165) is 6.42 Å². The van der Waals surface area contributed by atoms with Crippen LogP contribution in [0.4, 0.5) is 10.1 Å². The average molecular weight is 277 g/mol. The molecule has 0 heterocycles. The molecule has 1 rings (SSSR count). The number of thiocarbonyl (C=S) groups is 1. The Hall–Kier alpha value is -0.910. The van der Waals surface area contributed by atoms with Crippen LogP contribution in [0.5, 0.6) is 0 Å². The van der Waals surface area contributed by atoms with Gasteiger partial charge in [0.1, 0.15) is 5.82 Å². The zero-order chi connectivity index (χ0) is 12.8. The second-order valence-electron chi connectivity index (χ2n) is 3.52. The predicted octanol–water partition coefficient (Wildman–Crippen LogP) is 2.54. The number of anilines is 1. The lowest BCUT2D eigenvalue weighted by molar-refractivity contribution is 0.253.